The first kappa shape index (κ1) is 17.7. The van der Waals surface area contributed by atoms with Gasteiger partial charge in [0.1, 0.15) is 0 Å². The first-order chi connectivity index (χ1) is 12.1. The molecular weight excluding hydrogens is 306 g/mol. The molecule has 1 N–H and O–H groups in total. The molecule has 3 rings (SSSR count). The summed E-state index contributed by atoms with van der Waals surface area (Å²) in [5, 5.41) is 3.41. The fourth-order valence-corrected chi connectivity index (χ4v) is 4.11. The van der Waals surface area contributed by atoms with Crippen LogP contribution in [0.5, 0.6) is 0 Å². The lowest BCUT2D eigenvalue weighted by Gasteiger charge is -2.31. The minimum absolute atomic E-state index is 0.0786. The van der Waals surface area contributed by atoms with Crippen LogP contribution >= 0.6 is 0 Å². The molecule has 1 amide bonds. The monoisotopic (exact) mass is 335 g/mol. The molecule has 0 heterocycles. The molecule has 0 aromatic heterocycles. The molecule has 0 aliphatic heterocycles. The van der Waals surface area contributed by atoms with Gasteiger partial charge >= 0.3 is 0 Å². The Hall–Kier alpha value is -2.09. The topological polar surface area (TPSA) is 29.1 Å². The maximum Gasteiger partial charge on any atom is 0.231 e. The van der Waals surface area contributed by atoms with Crippen molar-refractivity contribution in [2.75, 3.05) is 0 Å². The molecule has 2 nitrogen and oxygen atoms in total. The van der Waals surface area contributed by atoms with Crippen LogP contribution < -0.4 is 5.32 Å². The summed E-state index contributed by atoms with van der Waals surface area (Å²) in [7, 11) is 0. The molecule has 25 heavy (non-hydrogen) atoms. The maximum absolute atomic E-state index is 13.4. The van der Waals surface area contributed by atoms with E-state index >= 15 is 0 Å². The Balaban J connectivity index is 1.86. The Morgan fingerprint density at radius 1 is 0.960 bits per heavy atom. The second kappa shape index (κ2) is 7.86. The molecule has 1 fully saturated rings. The second-order valence-corrected chi connectivity index (χ2v) is 7.72. The molecule has 1 aliphatic rings. The van der Waals surface area contributed by atoms with Crippen LogP contribution in [0.1, 0.15) is 63.1 Å². The van der Waals surface area contributed by atoms with Crippen LogP contribution in [0.4, 0.5) is 0 Å². The summed E-state index contributed by atoms with van der Waals surface area (Å²) in [5.41, 5.74) is 2.01. The molecule has 1 atom stereocenters. The molecule has 2 aromatic rings. The van der Waals surface area contributed by atoms with Crippen molar-refractivity contribution < 1.29 is 4.79 Å². The lowest BCUT2D eigenvalue weighted by atomic mass is 9.77. The summed E-state index contributed by atoms with van der Waals surface area (Å²) in [4.78, 5) is 13.4. The van der Waals surface area contributed by atoms with Crippen molar-refractivity contribution in [3.8, 4) is 0 Å². The Labute approximate surface area is 151 Å². The summed E-state index contributed by atoms with van der Waals surface area (Å²) < 4.78 is 0. The minimum Gasteiger partial charge on any atom is -0.349 e. The molecular formula is C23H29NO. The van der Waals surface area contributed by atoms with Gasteiger partial charge in [-0.1, -0.05) is 87.4 Å². The zero-order chi connectivity index (χ0) is 17.7. The van der Waals surface area contributed by atoms with E-state index in [1.807, 2.05) is 24.3 Å². The summed E-state index contributed by atoms with van der Waals surface area (Å²) >= 11 is 0. The number of carbonyl (C=O) groups excluding carboxylic acids is 1. The first-order valence-corrected chi connectivity index (χ1v) is 9.53. The largest absolute Gasteiger partial charge is 0.349 e. The van der Waals surface area contributed by atoms with E-state index in [9.17, 15) is 4.79 Å². The maximum atomic E-state index is 13.4. The molecule has 0 saturated heterocycles. The molecule has 1 saturated carbocycles. The molecule has 132 valence electrons. The lowest BCUT2D eigenvalue weighted by Crippen LogP contribution is -2.44. The van der Waals surface area contributed by atoms with Gasteiger partial charge in [0.2, 0.25) is 5.91 Å². The van der Waals surface area contributed by atoms with Crippen LogP contribution in [0.15, 0.2) is 60.7 Å². The van der Waals surface area contributed by atoms with Crippen LogP contribution in [-0.4, -0.2) is 5.91 Å². The standard InChI is InChI=1S/C23H29NO/c1-18(2)17-21(19-11-5-3-6-12-19)24-22(25)23(15-9-10-16-23)20-13-7-4-8-14-20/h3-8,11-14,18,21H,9-10,15-17H2,1-2H3,(H,24,25)/t21-/m0/s1. The highest BCUT2D eigenvalue weighted by molar-refractivity contribution is 5.89. The third kappa shape index (κ3) is 3.95. The van der Waals surface area contributed by atoms with Gasteiger partial charge in [0, 0.05) is 0 Å². The molecule has 0 unspecified atom stereocenters. The Morgan fingerprint density at radius 3 is 2.08 bits per heavy atom. The number of rotatable bonds is 6. The number of hydrogen-bond donors (Lipinski definition) is 1. The average Bonchev–Trinajstić information content (AvgIpc) is 3.13. The number of nitrogens with one attached hydrogen (secondary N) is 1. The van der Waals surface area contributed by atoms with Gasteiger partial charge < -0.3 is 5.32 Å². The summed E-state index contributed by atoms with van der Waals surface area (Å²) in [6.07, 6.45) is 5.11. The summed E-state index contributed by atoms with van der Waals surface area (Å²) in [6.45, 7) is 4.43. The molecule has 1 aliphatic carbocycles. The lowest BCUT2D eigenvalue weighted by molar-refractivity contribution is -0.127. The van der Waals surface area contributed by atoms with E-state index in [0.29, 0.717) is 5.92 Å². The average molecular weight is 335 g/mol. The van der Waals surface area contributed by atoms with E-state index < -0.39 is 0 Å². The van der Waals surface area contributed by atoms with Crippen LogP contribution in [0.3, 0.4) is 0 Å². The van der Waals surface area contributed by atoms with Gasteiger partial charge in [0.15, 0.2) is 0 Å². The zero-order valence-corrected chi connectivity index (χ0v) is 15.4. The van der Waals surface area contributed by atoms with Gasteiger partial charge in [-0.2, -0.15) is 0 Å². The Morgan fingerprint density at radius 2 is 1.52 bits per heavy atom. The second-order valence-electron chi connectivity index (χ2n) is 7.72. The SMILES string of the molecule is CC(C)C[C@H](NC(=O)C1(c2ccccc2)CCCC1)c1ccccc1. The van der Waals surface area contributed by atoms with Gasteiger partial charge in [-0.3, -0.25) is 4.79 Å². The smallest absolute Gasteiger partial charge is 0.231 e. The van der Waals surface area contributed by atoms with E-state index in [1.54, 1.807) is 0 Å². The van der Waals surface area contributed by atoms with Crippen LogP contribution in [0.2, 0.25) is 0 Å². The summed E-state index contributed by atoms with van der Waals surface area (Å²) in [5.74, 6) is 0.729. The van der Waals surface area contributed by atoms with Gasteiger partial charge in [-0.05, 0) is 36.3 Å². The van der Waals surface area contributed by atoms with E-state index in [4.69, 9.17) is 0 Å². The summed E-state index contributed by atoms with van der Waals surface area (Å²) in [6, 6.07) is 20.8. The minimum atomic E-state index is -0.356. The van der Waals surface area contributed by atoms with Crippen molar-refractivity contribution in [2.45, 2.75) is 57.4 Å². The number of carbonyl (C=O) groups is 1. The molecule has 0 spiro atoms. The quantitative estimate of drug-likeness (QED) is 0.752. The normalized spacial score (nSPS) is 17.4. The fraction of sp³-hybridized carbons (Fsp3) is 0.435. The number of amides is 1. The van der Waals surface area contributed by atoms with Gasteiger partial charge in [-0.15, -0.1) is 0 Å². The van der Waals surface area contributed by atoms with Crippen molar-refractivity contribution >= 4 is 5.91 Å². The van der Waals surface area contributed by atoms with Gasteiger partial charge in [0.25, 0.3) is 0 Å². The first-order valence-electron chi connectivity index (χ1n) is 9.53. The highest BCUT2D eigenvalue weighted by Crippen LogP contribution is 2.42. The van der Waals surface area contributed by atoms with Crippen molar-refractivity contribution in [1.82, 2.24) is 5.32 Å². The Bertz CT molecular complexity index is 672. The van der Waals surface area contributed by atoms with E-state index in [1.165, 1.54) is 11.1 Å². The zero-order valence-electron chi connectivity index (χ0n) is 15.4. The predicted molar refractivity (Wildman–Crippen MR) is 103 cm³/mol. The van der Waals surface area contributed by atoms with E-state index in [2.05, 4.69) is 55.6 Å². The van der Waals surface area contributed by atoms with Gasteiger partial charge in [-0.25, -0.2) is 0 Å². The third-order valence-corrected chi connectivity index (χ3v) is 5.43. The molecule has 0 bridgehead atoms. The number of benzene rings is 2. The van der Waals surface area contributed by atoms with Crippen LogP contribution in [0, 0.1) is 5.92 Å². The van der Waals surface area contributed by atoms with Crippen molar-refractivity contribution in [3.63, 3.8) is 0 Å². The number of hydrogen-bond acceptors (Lipinski definition) is 1. The van der Waals surface area contributed by atoms with Crippen LogP contribution in [0.25, 0.3) is 0 Å². The predicted octanol–water partition coefficient (Wildman–Crippen LogP) is 5.40. The highest BCUT2D eigenvalue weighted by atomic mass is 16.2. The Kier molecular flexibility index (Phi) is 5.57. The molecule has 2 aromatic carbocycles. The fourth-order valence-electron chi connectivity index (χ4n) is 4.11. The van der Waals surface area contributed by atoms with Crippen molar-refractivity contribution in [3.05, 3.63) is 71.8 Å². The van der Waals surface area contributed by atoms with Crippen molar-refractivity contribution in [2.24, 2.45) is 5.92 Å². The van der Waals surface area contributed by atoms with Gasteiger partial charge in [0.05, 0.1) is 11.5 Å². The van der Waals surface area contributed by atoms with Crippen LogP contribution in [-0.2, 0) is 10.2 Å². The molecule has 0 radical (unpaired) electrons. The van der Waals surface area contributed by atoms with E-state index in [-0.39, 0.29) is 17.4 Å². The van der Waals surface area contributed by atoms with Crippen molar-refractivity contribution in [1.29, 1.82) is 0 Å². The highest BCUT2D eigenvalue weighted by Gasteiger charge is 2.43. The van der Waals surface area contributed by atoms with E-state index in [0.717, 1.165) is 32.1 Å². The third-order valence-electron chi connectivity index (χ3n) is 5.43. The molecule has 2 heteroatoms.